The van der Waals surface area contributed by atoms with Crippen LogP contribution in [0.2, 0.25) is 0 Å². The van der Waals surface area contributed by atoms with E-state index in [9.17, 15) is 4.79 Å². The molecule has 0 saturated carbocycles. The molecule has 0 radical (unpaired) electrons. The predicted octanol–water partition coefficient (Wildman–Crippen LogP) is -0.00820. The summed E-state index contributed by atoms with van der Waals surface area (Å²) in [5.41, 5.74) is 0. The van der Waals surface area contributed by atoms with Crippen LogP contribution in [0.5, 0.6) is 0 Å². The van der Waals surface area contributed by atoms with Crippen molar-refractivity contribution in [3.05, 3.63) is 0 Å². The van der Waals surface area contributed by atoms with Crippen molar-refractivity contribution in [2.45, 2.75) is 44.8 Å². The van der Waals surface area contributed by atoms with Gasteiger partial charge in [0, 0.05) is 57.9 Å². The van der Waals surface area contributed by atoms with Crippen LogP contribution in [0.3, 0.4) is 0 Å². The second-order valence-electron chi connectivity index (χ2n) is 7.26. The van der Waals surface area contributed by atoms with Crippen LogP contribution in [0.1, 0.15) is 26.7 Å². The molecular formula is C17H32N4O2. The number of nitrogens with one attached hydrogen (secondary N) is 1. The van der Waals surface area contributed by atoms with Crippen molar-refractivity contribution >= 4 is 5.91 Å². The van der Waals surface area contributed by atoms with Gasteiger partial charge in [-0.1, -0.05) is 0 Å². The Morgan fingerprint density at radius 3 is 2.39 bits per heavy atom. The summed E-state index contributed by atoms with van der Waals surface area (Å²) < 4.78 is 5.40. The number of morpholine rings is 1. The maximum atomic E-state index is 12.5. The average molecular weight is 324 g/mol. The van der Waals surface area contributed by atoms with Crippen LogP contribution in [-0.2, 0) is 9.53 Å². The molecule has 6 nitrogen and oxygen atoms in total. The smallest absolute Gasteiger partial charge is 0.242 e. The Kier molecular flexibility index (Phi) is 5.91. The maximum absolute atomic E-state index is 12.5. The van der Waals surface area contributed by atoms with E-state index < -0.39 is 0 Å². The van der Waals surface area contributed by atoms with Gasteiger partial charge in [-0.3, -0.25) is 14.6 Å². The number of carbonyl (C=O) groups is 1. The maximum Gasteiger partial charge on any atom is 0.242 e. The number of carbonyl (C=O) groups excluding carboxylic acids is 1. The summed E-state index contributed by atoms with van der Waals surface area (Å²) in [5, 5.41) is 3.26. The van der Waals surface area contributed by atoms with E-state index in [1.165, 1.54) is 12.8 Å². The minimum Gasteiger partial charge on any atom is -0.378 e. The highest BCUT2D eigenvalue weighted by Crippen LogP contribution is 2.22. The molecule has 3 rings (SSSR count). The van der Waals surface area contributed by atoms with Gasteiger partial charge in [0.25, 0.3) is 0 Å². The number of piperazine rings is 1. The highest BCUT2D eigenvalue weighted by Gasteiger charge is 2.30. The first-order valence-electron chi connectivity index (χ1n) is 9.23. The molecule has 3 fully saturated rings. The molecule has 0 aromatic rings. The Balaban J connectivity index is 1.39. The third-order valence-electron chi connectivity index (χ3n) is 5.71. The van der Waals surface area contributed by atoms with Crippen LogP contribution in [0.25, 0.3) is 0 Å². The van der Waals surface area contributed by atoms with Crippen LogP contribution >= 0.6 is 0 Å². The van der Waals surface area contributed by atoms with Crippen LogP contribution in [0.4, 0.5) is 0 Å². The Morgan fingerprint density at radius 1 is 1.09 bits per heavy atom. The van der Waals surface area contributed by atoms with Gasteiger partial charge in [-0.05, 0) is 26.7 Å². The van der Waals surface area contributed by atoms with E-state index in [-0.39, 0.29) is 11.9 Å². The molecule has 23 heavy (non-hydrogen) atoms. The van der Waals surface area contributed by atoms with Crippen molar-refractivity contribution < 1.29 is 9.53 Å². The van der Waals surface area contributed by atoms with Gasteiger partial charge in [-0.25, -0.2) is 0 Å². The van der Waals surface area contributed by atoms with E-state index in [0.717, 1.165) is 57.9 Å². The minimum atomic E-state index is -0.137. The van der Waals surface area contributed by atoms with E-state index in [0.29, 0.717) is 13.2 Å². The van der Waals surface area contributed by atoms with Crippen molar-refractivity contribution in [3.8, 4) is 0 Å². The molecule has 3 heterocycles. The second kappa shape index (κ2) is 7.92. The van der Waals surface area contributed by atoms with Gasteiger partial charge in [0.15, 0.2) is 0 Å². The lowest BCUT2D eigenvalue weighted by Gasteiger charge is -2.38. The molecule has 132 valence electrons. The molecule has 0 aromatic carbocycles. The molecule has 1 amide bonds. The van der Waals surface area contributed by atoms with Gasteiger partial charge in [-0.15, -0.1) is 0 Å². The summed E-state index contributed by atoms with van der Waals surface area (Å²) >= 11 is 0. The standard InChI is InChI=1S/C17H32N4O2/c1-14-3-4-15(2)21(14)11-8-19-6-9-20(10-7-19)17(22)16-13-23-12-5-18-16/h14-16,18H,3-13H2,1-2H3/t14-,15+,16-/m1/s1. The molecule has 3 atom stereocenters. The summed E-state index contributed by atoms with van der Waals surface area (Å²) in [7, 11) is 0. The lowest BCUT2D eigenvalue weighted by atomic mass is 10.2. The summed E-state index contributed by atoms with van der Waals surface area (Å²) in [6, 6.07) is 1.32. The zero-order valence-corrected chi connectivity index (χ0v) is 14.7. The number of rotatable bonds is 4. The van der Waals surface area contributed by atoms with E-state index in [2.05, 4.69) is 29.0 Å². The van der Waals surface area contributed by atoms with Crippen molar-refractivity contribution in [2.75, 3.05) is 59.0 Å². The topological polar surface area (TPSA) is 48.0 Å². The van der Waals surface area contributed by atoms with E-state index >= 15 is 0 Å². The first-order chi connectivity index (χ1) is 11.1. The Hall–Kier alpha value is -0.690. The van der Waals surface area contributed by atoms with Gasteiger partial charge in [0.05, 0.1) is 13.2 Å². The normalized spacial score (nSPS) is 34.0. The number of amides is 1. The van der Waals surface area contributed by atoms with Gasteiger partial charge in [-0.2, -0.15) is 0 Å². The quantitative estimate of drug-likeness (QED) is 0.788. The predicted molar refractivity (Wildman–Crippen MR) is 90.5 cm³/mol. The summed E-state index contributed by atoms with van der Waals surface area (Å²) in [6.45, 7) is 12.7. The Labute approximate surface area is 140 Å². The van der Waals surface area contributed by atoms with E-state index in [1.54, 1.807) is 0 Å². The number of nitrogens with zero attached hydrogens (tertiary/aromatic N) is 3. The second-order valence-corrected chi connectivity index (χ2v) is 7.26. The molecule has 3 aliphatic rings. The molecular weight excluding hydrogens is 292 g/mol. The minimum absolute atomic E-state index is 0.137. The fraction of sp³-hybridized carbons (Fsp3) is 0.941. The summed E-state index contributed by atoms with van der Waals surface area (Å²) in [4.78, 5) is 19.6. The SMILES string of the molecule is C[C@@H]1CC[C@H](C)N1CCN1CCN(C(=O)[C@H]2COCCN2)CC1. The molecule has 0 spiro atoms. The van der Waals surface area contributed by atoms with E-state index in [1.807, 2.05) is 4.90 Å². The van der Waals surface area contributed by atoms with Gasteiger partial charge < -0.3 is 15.0 Å². The molecule has 6 heteroatoms. The number of ether oxygens (including phenoxy) is 1. The van der Waals surface area contributed by atoms with Crippen molar-refractivity contribution in [3.63, 3.8) is 0 Å². The zero-order valence-electron chi connectivity index (χ0n) is 14.7. The van der Waals surface area contributed by atoms with Crippen LogP contribution in [0.15, 0.2) is 0 Å². The Morgan fingerprint density at radius 2 is 1.78 bits per heavy atom. The number of hydrogen-bond acceptors (Lipinski definition) is 5. The summed E-state index contributed by atoms with van der Waals surface area (Å²) in [6.07, 6.45) is 2.67. The van der Waals surface area contributed by atoms with Crippen molar-refractivity contribution in [1.29, 1.82) is 0 Å². The monoisotopic (exact) mass is 324 g/mol. The van der Waals surface area contributed by atoms with Crippen LogP contribution in [0, 0.1) is 0 Å². The van der Waals surface area contributed by atoms with Crippen LogP contribution < -0.4 is 5.32 Å². The molecule has 1 N–H and O–H groups in total. The average Bonchev–Trinajstić information content (AvgIpc) is 2.92. The lowest BCUT2D eigenvalue weighted by molar-refractivity contribution is -0.138. The van der Waals surface area contributed by atoms with Gasteiger partial charge in [0.2, 0.25) is 5.91 Å². The van der Waals surface area contributed by atoms with Gasteiger partial charge >= 0.3 is 0 Å². The fourth-order valence-electron chi connectivity index (χ4n) is 4.08. The largest absolute Gasteiger partial charge is 0.378 e. The molecule has 0 unspecified atom stereocenters. The van der Waals surface area contributed by atoms with E-state index in [4.69, 9.17) is 4.74 Å². The van der Waals surface area contributed by atoms with Crippen molar-refractivity contribution in [1.82, 2.24) is 20.0 Å². The zero-order chi connectivity index (χ0) is 16.2. The van der Waals surface area contributed by atoms with Gasteiger partial charge in [0.1, 0.15) is 6.04 Å². The van der Waals surface area contributed by atoms with Crippen molar-refractivity contribution in [2.24, 2.45) is 0 Å². The third kappa shape index (κ3) is 4.24. The Bertz CT molecular complexity index is 382. The molecule has 0 bridgehead atoms. The fourth-order valence-corrected chi connectivity index (χ4v) is 4.08. The first-order valence-corrected chi connectivity index (χ1v) is 9.23. The number of likely N-dealkylation sites (tertiary alicyclic amines) is 1. The third-order valence-corrected chi connectivity index (χ3v) is 5.71. The first kappa shape index (κ1) is 17.1. The molecule has 0 aliphatic carbocycles. The molecule has 3 saturated heterocycles. The molecule has 0 aromatic heterocycles. The summed E-state index contributed by atoms with van der Waals surface area (Å²) in [5.74, 6) is 0.214. The lowest BCUT2D eigenvalue weighted by Crippen LogP contribution is -2.57. The molecule has 3 aliphatic heterocycles. The number of hydrogen-bond donors (Lipinski definition) is 1. The van der Waals surface area contributed by atoms with Crippen LogP contribution in [-0.4, -0.2) is 97.8 Å². The highest BCUT2D eigenvalue weighted by atomic mass is 16.5. The highest BCUT2D eigenvalue weighted by molar-refractivity contribution is 5.82.